The number of hydrogen-bond acceptors (Lipinski definition) is 4. The van der Waals surface area contributed by atoms with Crippen molar-refractivity contribution in [2.75, 3.05) is 0 Å². The molecule has 4 nitrogen and oxygen atoms in total. The highest BCUT2D eigenvalue weighted by atomic mass is 15.7. The monoisotopic (exact) mass is 96.0 g/mol. The van der Waals surface area contributed by atoms with Crippen LogP contribution in [0.5, 0.6) is 0 Å². The molecule has 36 valence electrons. The minimum absolute atomic E-state index is 1.25. The molecule has 0 aromatic heterocycles. The van der Waals surface area contributed by atoms with Crippen LogP contribution in [-0.2, 0) is 0 Å². The Labute approximate surface area is 41.0 Å². The summed E-state index contributed by atoms with van der Waals surface area (Å²) in [7, 11) is 0. The van der Waals surface area contributed by atoms with Crippen LogP contribution in [0.25, 0.3) is 0 Å². The van der Waals surface area contributed by atoms with Gasteiger partial charge in [0.2, 0.25) is 6.19 Å². The van der Waals surface area contributed by atoms with Gasteiger partial charge in [-0.2, -0.15) is 10.3 Å². The van der Waals surface area contributed by atoms with Crippen LogP contribution in [0.3, 0.4) is 0 Å². The van der Waals surface area contributed by atoms with E-state index in [1.807, 2.05) is 6.19 Å². The van der Waals surface area contributed by atoms with Crippen LogP contribution in [0.15, 0.2) is 12.4 Å². The van der Waals surface area contributed by atoms with Crippen molar-refractivity contribution in [1.29, 1.82) is 5.26 Å². The van der Waals surface area contributed by atoms with Crippen LogP contribution >= 0.6 is 0 Å². The summed E-state index contributed by atoms with van der Waals surface area (Å²) in [5.41, 5.74) is 5.11. The van der Waals surface area contributed by atoms with Crippen molar-refractivity contribution in [2.24, 2.45) is 0 Å². The Morgan fingerprint density at radius 1 is 1.71 bits per heavy atom. The summed E-state index contributed by atoms with van der Waals surface area (Å²) in [6, 6.07) is 0. The smallest absolute Gasteiger partial charge is 0.201 e. The fraction of sp³-hybridized carbons (Fsp3) is 0. The summed E-state index contributed by atoms with van der Waals surface area (Å²) in [6.45, 7) is 0. The fourth-order valence-corrected chi connectivity index (χ4v) is 0.314. The van der Waals surface area contributed by atoms with E-state index in [0.717, 1.165) is 0 Å². The highest BCUT2D eigenvalue weighted by Crippen LogP contribution is 1.81. The Hall–Kier alpha value is -1.21. The molecule has 0 spiro atoms. The summed E-state index contributed by atoms with van der Waals surface area (Å²) in [5, 5.41) is 9.34. The van der Waals surface area contributed by atoms with E-state index < -0.39 is 0 Å². The van der Waals surface area contributed by atoms with E-state index in [1.54, 1.807) is 12.4 Å². The van der Waals surface area contributed by atoms with Gasteiger partial charge in [-0.15, -0.1) is 5.53 Å². The molecule has 0 radical (unpaired) electrons. The largest absolute Gasteiger partial charge is 0.309 e. The zero-order chi connectivity index (χ0) is 5.11. The molecule has 1 aliphatic heterocycles. The first kappa shape index (κ1) is 3.96. The second-order valence-corrected chi connectivity index (χ2v) is 1.04. The molecule has 1 aliphatic rings. The van der Waals surface area contributed by atoms with E-state index in [9.17, 15) is 0 Å². The molecular weight excluding hydrogens is 92.1 g/mol. The molecule has 0 saturated heterocycles. The number of rotatable bonds is 0. The minimum atomic E-state index is 1.25. The number of hydrazine groups is 2. The quantitative estimate of drug-likeness (QED) is 0.390. The summed E-state index contributed by atoms with van der Waals surface area (Å²) in [6.07, 6.45) is 5.05. The lowest BCUT2D eigenvalue weighted by Gasteiger charge is -1.99. The molecule has 2 N–H and O–H groups in total. The van der Waals surface area contributed by atoms with E-state index in [1.165, 1.54) is 5.01 Å². The van der Waals surface area contributed by atoms with E-state index in [2.05, 4.69) is 11.0 Å². The second-order valence-electron chi connectivity index (χ2n) is 1.04. The number of nitrogens with one attached hydrogen (secondary N) is 2. The maximum absolute atomic E-state index is 8.09. The molecular formula is C3H4N4. The third-order valence-electron chi connectivity index (χ3n) is 0.600. The summed E-state index contributed by atoms with van der Waals surface area (Å²) >= 11 is 0. The number of nitrogens with zero attached hydrogens (tertiary/aromatic N) is 2. The normalized spacial score (nSPS) is 16.1. The molecule has 0 saturated carbocycles. The Morgan fingerprint density at radius 2 is 2.57 bits per heavy atom. The molecule has 0 atom stereocenters. The maximum Gasteiger partial charge on any atom is 0.201 e. The van der Waals surface area contributed by atoms with Crippen LogP contribution in [0, 0.1) is 11.5 Å². The molecule has 0 amide bonds. The van der Waals surface area contributed by atoms with Crippen molar-refractivity contribution in [3.8, 4) is 6.19 Å². The predicted molar refractivity (Wildman–Crippen MR) is 22.9 cm³/mol. The average molecular weight is 96.1 g/mol. The van der Waals surface area contributed by atoms with E-state index >= 15 is 0 Å². The molecule has 1 heterocycles. The first-order valence-electron chi connectivity index (χ1n) is 1.80. The Kier molecular flexibility index (Phi) is 0.845. The van der Waals surface area contributed by atoms with Gasteiger partial charge in [0.1, 0.15) is 0 Å². The summed E-state index contributed by atoms with van der Waals surface area (Å²) in [4.78, 5) is 0. The van der Waals surface area contributed by atoms with Crippen molar-refractivity contribution >= 4 is 0 Å². The predicted octanol–water partition coefficient (Wildman–Crippen LogP) is -0.737. The number of hydrogen-bond donors (Lipinski definition) is 2. The average Bonchev–Trinajstić information content (AvgIpc) is 2.14. The van der Waals surface area contributed by atoms with Crippen LogP contribution in [0.2, 0.25) is 0 Å². The molecule has 4 heteroatoms. The lowest BCUT2D eigenvalue weighted by molar-refractivity contribution is 0.381. The second kappa shape index (κ2) is 1.49. The highest BCUT2D eigenvalue weighted by molar-refractivity contribution is 4.89. The third kappa shape index (κ3) is 0.614. The first-order chi connectivity index (χ1) is 3.43. The highest BCUT2D eigenvalue weighted by Gasteiger charge is 1.95. The molecule has 1 rings (SSSR count). The molecule has 0 aromatic carbocycles. The maximum atomic E-state index is 8.09. The standard InChI is InChI=1S/C3H4N4/c4-3-7-2-1-5-6-7/h1-2,5-6H. The fourth-order valence-electron chi connectivity index (χ4n) is 0.314. The van der Waals surface area contributed by atoms with Gasteiger partial charge in [-0.05, 0) is 0 Å². The van der Waals surface area contributed by atoms with Gasteiger partial charge in [-0.3, -0.25) is 0 Å². The SMILES string of the molecule is N#CN1C=CNN1. The van der Waals surface area contributed by atoms with Gasteiger partial charge in [0.05, 0.1) is 6.20 Å². The molecule has 0 bridgehead atoms. The van der Waals surface area contributed by atoms with Crippen molar-refractivity contribution in [2.45, 2.75) is 0 Å². The van der Waals surface area contributed by atoms with Gasteiger partial charge in [0.15, 0.2) is 0 Å². The van der Waals surface area contributed by atoms with Crippen LogP contribution < -0.4 is 11.0 Å². The minimum Gasteiger partial charge on any atom is -0.309 e. The van der Waals surface area contributed by atoms with Gasteiger partial charge < -0.3 is 5.43 Å². The van der Waals surface area contributed by atoms with Crippen LogP contribution in [0.4, 0.5) is 0 Å². The van der Waals surface area contributed by atoms with Crippen molar-refractivity contribution in [3.63, 3.8) is 0 Å². The van der Waals surface area contributed by atoms with E-state index in [0.29, 0.717) is 0 Å². The molecule has 0 aromatic rings. The zero-order valence-corrected chi connectivity index (χ0v) is 3.55. The van der Waals surface area contributed by atoms with Crippen molar-refractivity contribution < 1.29 is 0 Å². The number of nitriles is 1. The van der Waals surface area contributed by atoms with Crippen molar-refractivity contribution in [1.82, 2.24) is 16.0 Å². The molecule has 0 fully saturated rings. The van der Waals surface area contributed by atoms with Crippen LogP contribution in [-0.4, -0.2) is 5.01 Å². The Bertz CT molecular complexity index is 121. The van der Waals surface area contributed by atoms with E-state index in [4.69, 9.17) is 5.26 Å². The Morgan fingerprint density at radius 3 is 2.86 bits per heavy atom. The lowest BCUT2D eigenvalue weighted by Crippen LogP contribution is -2.31. The molecule has 0 aliphatic carbocycles. The van der Waals surface area contributed by atoms with E-state index in [-0.39, 0.29) is 0 Å². The summed E-state index contributed by atoms with van der Waals surface area (Å²) < 4.78 is 0. The zero-order valence-electron chi connectivity index (χ0n) is 3.55. The van der Waals surface area contributed by atoms with Gasteiger partial charge in [-0.25, -0.2) is 0 Å². The van der Waals surface area contributed by atoms with Gasteiger partial charge in [0, 0.05) is 6.20 Å². The molecule has 0 unspecified atom stereocenters. The topological polar surface area (TPSA) is 51.1 Å². The lowest BCUT2D eigenvalue weighted by atomic mass is 10.9. The third-order valence-corrected chi connectivity index (χ3v) is 0.600. The summed E-state index contributed by atoms with van der Waals surface area (Å²) in [5.74, 6) is 0. The van der Waals surface area contributed by atoms with Gasteiger partial charge in [0.25, 0.3) is 0 Å². The Balaban J connectivity index is 2.47. The van der Waals surface area contributed by atoms with Gasteiger partial charge >= 0.3 is 0 Å². The van der Waals surface area contributed by atoms with Gasteiger partial charge in [-0.1, -0.05) is 0 Å². The first-order valence-corrected chi connectivity index (χ1v) is 1.80. The molecule has 7 heavy (non-hydrogen) atoms. The van der Waals surface area contributed by atoms with Crippen molar-refractivity contribution in [3.05, 3.63) is 12.4 Å². The van der Waals surface area contributed by atoms with Crippen LogP contribution in [0.1, 0.15) is 0 Å².